The molecule has 5 rings (SSSR count). The van der Waals surface area contributed by atoms with E-state index in [9.17, 15) is 8.42 Å². The maximum absolute atomic E-state index is 10.8. The number of ether oxygens (including phenoxy) is 2. The van der Waals surface area contributed by atoms with E-state index in [1.165, 1.54) is 53.9 Å². The minimum atomic E-state index is -4.23. The summed E-state index contributed by atoms with van der Waals surface area (Å²) in [5.74, 6) is 0.606. The number of rotatable bonds is 8. The first-order chi connectivity index (χ1) is 19.4. The van der Waals surface area contributed by atoms with Crippen LogP contribution in [0, 0.1) is 0 Å². The molecule has 0 bridgehead atoms. The maximum atomic E-state index is 10.8. The molecule has 1 N–H and O–H groups in total. The molecule has 0 aliphatic rings. The second-order valence-corrected chi connectivity index (χ2v) is 13.9. The van der Waals surface area contributed by atoms with Gasteiger partial charge in [-0.25, -0.2) is 0 Å². The van der Waals surface area contributed by atoms with Gasteiger partial charge >= 0.3 is 0 Å². The Morgan fingerprint density at radius 1 is 0.575 bits per heavy atom. The van der Waals surface area contributed by atoms with E-state index in [-0.39, 0.29) is 4.90 Å². The zero-order valence-electron chi connectivity index (χ0n) is 22.4. The fourth-order valence-corrected chi connectivity index (χ4v) is 9.33. The van der Waals surface area contributed by atoms with Crippen LogP contribution in [0.4, 0.5) is 0 Å². The largest absolute Gasteiger partial charge is 0.497 e. The van der Waals surface area contributed by atoms with Crippen molar-refractivity contribution in [3.8, 4) is 11.5 Å². The quantitative estimate of drug-likeness (QED) is 0.179. The standard InChI is InChI=1S/C25H22P.C8H10O5S/c1-5-13-22(14-6-1)21-26(23-15-7-2-8-16-23,24-17-9-3-10-18-24)25-19-11-4-12-20-25;1-12-6-3-7(13-2)5-8(4-6)14(9,10)11/h1-20H,21H2;3-5H,1-2H3,(H,9,10,11)/q+1;. The predicted octanol–water partition coefficient (Wildman–Crippen LogP) is 6.13. The summed E-state index contributed by atoms with van der Waals surface area (Å²) in [5, 5.41) is 4.30. The average Bonchev–Trinajstić information content (AvgIpc) is 3.01. The highest BCUT2D eigenvalue weighted by atomic mass is 32.2. The van der Waals surface area contributed by atoms with Gasteiger partial charge in [-0.05, 0) is 42.0 Å². The van der Waals surface area contributed by atoms with Gasteiger partial charge in [-0.1, -0.05) is 84.9 Å². The summed E-state index contributed by atoms with van der Waals surface area (Å²) < 4.78 is 40.1. The van der Waals surface area contributed by atoms with Gasteiger partial charge in [-0.15, -0.1) is 0 Å². The second kappa shape index (κ2) is 13.4. The molecule has 0 saturated carbocycles. The van der Waals surface area contributed by atoms with E-state index < -0.39 is 17.4 Å². The molecule has 0 aliphatic heterocycles. The minimum Gasteiger partial charge on any atom is -0.497 e. The fraction of sp³-hybridized carbons (Fsp3) is 0.0909. The SMILES string of the molecule is COc1cc(OC)cc(S(=O)(=O)O)c1.c1ccc(C[P+](c2ccccc2)(c2ccccc2)c2ccccc2)cc1. The van der Waals surface area contributed by atoms with E-state index in [2.05, 4.69) is 121 Å². The Balaban J connectivity index is 0.000000224. The first kappa shape index (κ1) is 29.0. The smallest absolute Gasteiger partial charge is 0.294 e. The minimum absolute atomic E-state index is 0.256. The number of hydrogen-bond acceptors (Lipinski definition) is 4. The zero-order valence-corrected chi connectivity index (χ0v) is 24.1. The third kappa shape index (κ3) is 6.97. The number of hydrogen-bond donors (Lipinski definition) is 1. The van der Waals surface area contributed by atoms with E-state index in [4.69, 9.17) is 14.0 Å². The topological polar surface area (TPSA) is 72.8 Å². The number of benzene rings is 5. The summed E-state index contributed by atoms with van der Waals surface area (Å²) in [6.45, 7) is 0. The third-order valence-electron chi connectivity index (χ3n) is 6.48. The van der Waals surface area contributed by atoms with E-state index in [0.717, 1.165) is 6.16 Å². The molecule has 5 aromatic rings. The molecule has 5 nitrogen and oxygen atoms in total. The molecule has 0 fully saturated rings. The summed E-state index contributed by atoms with van der Waals surface area (Å²) in [6.07, 6.45) is 1.03. The molecule has 204 valence electrons. The van der Waals surface area contributed by atoms with E-state index in [0.29, 0.717) is 11.5 Å². The molecule has 0 heterocycles. The maximum Gasteiger partial charge on any atom is 0.294 e. The molecular formula is C33H32O5PS+. The normalized spacial score (nSPS) is 11.2. The van der Waals surface area contributed by atoms with E-state index in [1.807, 2.05) is 0 Å². The van der Waals surface area contributed by atoms with Crippen molar-refractivity contribution in [2.24, 2.45) is 0 Å². The van der Waals surface area contributed by atoms with Crippen molar-refractivity contribution in [1.29, 1.82) is 0 Å². The molecule has 40 heavy (non-hydrogen) atoms. The third-order valence-corrected chi connectivity index (χ3v) is 11.7. The van der Waals surface area contributed by atoms with Gasteiger partial charge in [-0.2, -0.15) is 8.42 Å². The van der Waals surface area contributed by atoms with Crippen LogP contribution < -0.4 is 25.4 Å². The van der Waals surface area contributed by atoms with Crippen molar-refractivity contribution in [2.75, 3.05) is 14.2 Å². The van der Waals surface area contributed by atoms with Gasteiger partial charge in [0, 0.05) is 18.2 Å². The van der Waals surface area contributed by atoms with Gasteiger partial charge in [0.1, 0.15) is 39.6 Å². The first-order valence-electron chi connectivity index (χ1n) is 12.7. The lowest BCUT2D eigenvalue weighted by molar-refractivity contribution is 0.391. The van der Waals surface area contributed by atoms with E-state index in [1.54, 1.807) is 0 Å². The van der Waals surface area contributed by atoms with Crippen LogP contribution in [0.1, 0.15) is 5.56 Å². The van der Waals surface area contributed by atoms with Gasteiger partial charge in [-0.3, -0.25) is 4.55 Å². The summed E-state index contributed by atoms with van der Waals surface area (Å²) in [6, 6.07) is 48.0. The molecule has 0 saturated heterocycles. The van der Waals surface area contributed by atoms with Gasteiger partial charge in [0.15, 0.2) is 0 Å². The van der Waals surface area contributed by atoms with Crippen molar-refractivity contribution in [3.05, 3.63) is 145 Å². The highest BCUT2D eigenvalue weighted by Crippen LogP contribution is 2.58. The molecule has 0 unspecified atom stereocenters. The van der Waals surface area contributed by atoms with Crippen LogP contribution >= 0.6 is 7.26 Å². The molecular weight excluding hydrogens is 539 g/mol. The molecule has 0 amide bonds. The predicted molar refractivity (Wildman–Crippen MR) is 165 cm³/mol. The van der Waals surface area contributed by atoms with Crippen molar-refractivity contribution in [3.63, 3.8) is 0 Å². The van der Waals surface area contributed by atoms with Gasteiger partial charge in [0.25, 0.3) is 10.1 Å². The van der Waals surface area contributed by atoms with Crippen LogP contribution in [0.15, 0.2) is 144 Å². The lowest BCUT2D eigenvalue weighted by atomic mass is 10.2. The van der Waals surface area contributed by atoms with Crippen LogP contribution in [0.5, 0.6) is 11.5 Å². The Morgan fingerprint density at radius 2 is 0.925 bits per heavy atom. The zero-order chi connectivity index (χ0) is 28.4. The van der Waals surface area contributed by atoms with Gasteiger partial charge in [0.2, 0.25) is 0 Å². The second-order valence-electron chi connectivity index (χ2n) is 8.98. The Bertz CT molecular complexity index is 1480. The molecule has 0 atom stereocenters. The van der Waals surface area contributed by atoms with Crippen molar-refractivity contribution < 1.29 is 22.4 Å². The van der Waals surface area contributed by atoms with Crippen molar-refractivity contribution >= 4 is 33.3 Å². The Labute approximate surface area is 237 Å². The summed E-state index contributed by atoms with van der Waals surface area (Å²) >= 11 is 0. The molecule has 7 heteroatoms. The Hall–Kier alpha value is -3.96. The molecule has 5 aromatic carbocycles. The summed E-state index contributed by atoms with van der Waals surface area (Å²) in [5.41, 5.74) is 1.39. The van der Waals surface area contributed by atoms with Crippen molar-refractivity contribution in [1.82, 2.24) is 0 Å². The fourth-order valence-electron chi connectivity index (χ4n) is 4.56. The first-order valence-corrected chi connectivity index (χ1v) is 16.1. The molecule has 0 spiro atoms. The average molecular weight is 572 g/mol. The highest BCUT2D eigenvalue weighted by Gasteiger charge is 2.45. The molecule has 0 radical (unpaired) electrons. The monoisotopic (exact) mass is 571 g/mol. The van der Waals surface area contributed by atoms with Crippen LogP contribution in [0.25, 0.3) is 0 Å². The molecule has 0 aromatic heterocycles. The van der Waals surface area contributed by atoms with Crippen molar-refractivity contribution in [2.45, 2.75) is 11.1 Å². The van der Waals surface area contributed by atoms with E-state index >= 15 is 0 Å². The van der Waals surface area contributed by atoms with Crippen LogP contribution in [-0.2, 0) is 16.3 Å². The summed E-state index contributed by atoms with van der Waals surface area (Å²) in [4.78, 5) is -0.256. The van der Waals surface area contributed by atoms with Crippen LogP contribution in [-0.4, -0.2) is 27.2 Å². The Kier molecular flexibility index (Phi) is 9.73. The number of methoxy groups -OCH3 is 2. The van der Waals surface area contributed by atoms with Crippen LogP contribution in [0.2, 0.25) is 0 Å². The lowest BCUT2D eigenvalue weighted by Crippen LogP contribution is -2.32. The highest BCUT2D eigenvalue weighted by molar-refractivity contribution is 7.95. The van der Waals surface area contributed by atoms with Gasteiger partial charge in [0.05, 0.1) is 20.4 Å². The lowest BCUT2D eigenvalue weighted by Gasteiger charge is -2.27. The van der Waals surface area contributed by atoms with Crippen LogP contribution in [0.3, 0.4) is 0 Å². The molecule has 0 aliphatic carbocycles. The Morgan fingerprint density at radius 3 is 1.25 bits per heavy atom. The van der Waals surface area contributed by atoms with Gasteiger partial charge < -0.3 is 9.47 Å². The summed E-state index contributed by atoms with van der Waals surface area (Å²) in [7, 11) is -3.22.